The van der Waals surface area contributed by atoms with Crippen LogP contribution in [0.15, 0.2) is 51.6 Å². The molecule has 0 saturated carbocycles. The van der Waals surface area contributed by atoms with Gasteiger partial charge in [-0.25, -0.2) is 4.98 Å². The van der Waals surface area contributed by atoms with Gasteiger partial charge in [0.2, 0.25) is 5.78 Å². The van der Waals surface area contributed by atoms with Gasteiger partial charge in [0.25, 0.3) is 0 Å². The number of carbonyl (C=O) groups is 1. The maximum atomic E-state index is 12.2. The molecule has 19 heavy (non-hydrogen) atoms. The molecule has 2 nitrogen and oxygen atoms in total. The topological polar surface area (TPSA) is 30.0 Å². The number of carbonyl (C=O) groups excluding carboxylic acids is 1. The Morgan fingerprint density at radius 3 is 2.58 bits per heavy atom. The van der Waals surface area contributed by atoms with Crippen LogP contribution in [0.1, 0.15) is 15.4 Å². The molecule has 3 rings (SSSR count). The van der Waals surface area contributed by atoms with E-state index in [4.69, 9.17) is 0 Å². The lowest BCUT2D eigenvalue weighted by atomic mass is 10.1. The minimum atomic E-state index is -0.0209. The van der Waals surface area contributed by atoms with Gasteiger partial charge >= 0.3 is 0 Å². The molecule has 5 heteroatoms. The van der Waals surface area contributed by atoms with Crippen LogP contribution in [0.3, 0.4) is 0 Å². The summed E-state index contributed by atoms with van der Waals surface area (Å²) in [6.45, 7) is 0. The standard InChI is InChI=1S/C14H8BrNOS2/c15-10-6-12(18-7-10)11-8-19-14(16-11)13(17)9-4-2-1-3-5-9/h1-8H. The lowest BCUT2D eigenvalue weighted by Crippen LogP contribution is -1.99. The summed E-state index contributed by atoms with van der Waals surface area (Å²) in [6, 6.07) is 11.2. The van der Waals surface area contributed by atoms with Gasteiger partial charge in [0.15, 0.2) is 5.01 Å². The first-order chi connectivity index (χ1) is 9.24. The Hall–Kier alpha value is -1.30. The molecule has 0 aliphatic carbocycles. The van der Waals surface area contributed by atoms with Crippen LogP contribution < -0.4 is 0 Å². The quantitative estimate of drug-likeness (QED) is 0.631. The van der Waals surface area contributed by atoms with Crippen molar-refractivity contribution in [2.75, 3.05) is 0 Å². The van der Waals surface area contributed by atoms with E-state index >= 15 is 0 Å². The zero-order valence-corrected chi connectivity index (χ0v) is 12.9. The van der Waals surface area contributed by atoms with Crippen molar-refractivity contribution in [1.82, 2.24) is 4.98 Å². The van der Waals surface area contributed by atoms with Crippen LogP contribution in [0.2, 0.25) is 0 Å². The fraction of sp³-hybridized carbons (Fsp3) is 0. The van der Waals surface area contributed by atoms with Gasteiger partial charge < -0.3 is 0 Å². The minimum absolute atomic E-state index is 0.0209. The van der Waals surface area contributed by atoms with Crippen molar-refractivity contribution < 1.29 is 4.79 Å². The molecule has 1 aromatic carbocycles. The number of hydrogen-bond acceptors (Lipinski definition) is 4. The van der Waals surface area contributed by atoms with Crippen molar-refractivity contribution in [1.29, 1.82) is 0 Å². The maximum Gasteiger partial charge on any atom is 0.221 e. The Kier molecular flexibility index (Phi) is 3.59. The first-order valence-electron chi connectivity index (χ1n) is 5.54. The number of nitrogens with zero attached hydrogens (tertiary/aromatic N) is 1. The van der Waals surface area contributed by atoms with Gasteiger partial charge in [-0.15, -0.1) is 22.7 Å². The second-order valence-electron chi connectivity index (χ2n) is 3.86. The molecule has 0 atom stereocenters. The van der Waals surface area contributed by atoms with Crippen LogP contribution in [0.25, 0.3) is 10.6 Å². The highest BCUT2D eigenvalue weighted by Gasteiger charge is 2.14. The first kappa shape index (κ1) is 12.7. The Morgan fingerprint density at radius 2 is 1.89 bits per heavy atom. The normalized spacial score (nSPS) is 10.6. The van der Waals surface area contributed by atoms with Crippen LogP contribution in [-0.4, -0.2) is 10.8 Å². The minimum Gasteiger partial charge on any atom is -0.286 e. The molecule has 0 spiro atoms. The van der Waals surface area contributed by atoms with Crippen LogP contribution >= 0.6 is 38.6 Å². The summed E-state index contributed by atoms with van der Waals surface area (Å²) in [5.74, 6) is -0.0209. The van der Waals surface area contributed by atoms with Crippen molar-refractivity contribution in [3.63, 3.8) is 0 Å². The van der Waals surface area contributed by atoms with Crippen LogP contribution in [0, 0.1) is 0 Å². The van der Waals surface area contributed by atoms with E-state index in [-0.39, 0.29) is 5.78 Å². The van der Waals surface area contributed by atoms with Gasteiger partial charge in [-0.2, -0.15) is 0 Å². The number of thiazole rings is 1. The molecule has 0 radical (unpaired) electrons. The zero-order chi connectivity index (χ0) is 13.2. The molecule has 0 aliphatic rings. The van der Waals surface area contributed by atoms with E-state index in [1.807, 2.05) is 47.2 Å². The number of ketones is 1. The molecule has 0 unspecified atom stereocenters. The molecule has 0 amide bonds. The SMILES string of the molecule is O=C(c1ccccc1)c1nc(-c2cc(Br)cs2)cs1. The summed E-state index contributed by atoms with van der Waals surface area (Å²) in [7, 11) is 0. The smallest absolute Gasteiger partial charge is 0.221 e. The number of aromatic nitrogens is 1. The summed E-state index contributed by atoms with van der Waals surface area (Å²) in [4.78, 5) is 17.7. The fourth-order valence-electron chi connectivity index (χ4n) is 1.65. The summed E-state index contributed by atoms with van der Waals surface area (Å²) in [6.07, 6.45) is 0. The summed E-state index contributed by atoms with van der Waals surface area (Å²) >= 11 is 6.42. The van der Waals surface area contributed by atoms with Crippen LogP contribution in [-0.2, 0) is 0 Å². The summed E-state index contributed by atoms with van der Waals surface area (Å²) in [5, 5.41) is 4.47. The van der Waals surface area contributed by atoms with Crippen molar-refractivity contribution in [2.24, 2.45) is 0 Å². The zero-order valence-electron chi connectivity index (χ0n) is 9.67. The van der Waals surface area contributed by atoms with Crippen molar-refractivity contribution >= 4 is 44.4 Å². The number of thiophene rings is 1. The third-order valence-corrected chi connectivity index (χ3v) is 5.11. The molecule has 0 N–H and O–H groups in total. The second-order valence-corrected chi connectivity index (χ2v) is 6.55. The van der Waals surface area contributed by atoms with Crippen molar-refractivity contribution in [2.45, 2.75) is 0 Å². The molecular formula is C14H8BrNOS2. The van der Waals surface area contributed by atoms with Crippen LogP contribution in [0.5, 0.6) is 0 Å². The van der Waals surface area contributed by atoms with E-state index < -0.39 is 0 Å². The third kappa shape index (κ3) is 2.68. The first-order valence-corrected chi connectivity index (χ1v) is 8.09. The van der Waals surface area contributed by atoms with Gasteiger partial charge in [0, 0.05) is 20.8 Å². The molecule has 0 fully saturated rings. The molecule has 3 aromatic rings. The van der Waals surface area contributed by atoms with Gasteiger partial charge in [-0.05, 0) is 22.0 Å². The Labute approximate surface area is 126 Å². The summed E-state index contributed by atoms with van der Waals surface area (Å²) in [5.41, 5.74) is 1.54. The van der Waals surface area contributed by atoms with Crippen molar-refractivity contribution in [3.8, 4) is 10.6 Å². The van der Waals surface area contributed by atoms with Crippen LogP contribution in [0.4, 0.5) is 0 Å². The van der Waals surface area contributed by atoms with Gasteiger partial charge in [0.1, 0.15) is 0 Å². The van der Waals surface area contributed by atoms with E-state index in [2.05, 4.69) is 20.9 Å². The Balaban J connectivity index is 1.92. The van der Waals surface area contributed by atoms with E-state index in [9.17, 15) is 4.79 Å². The van der Waals surface area contributed by atoms with Gasteiger partial charge in [-0.3, -0.25) is 4.79 Å². The van der Waals surface area contributed by atoms with Crippen molar-refractivity contribution in [3.05, 3.63) is 62.2 Å². The molecule has 0 saturated heterocycles. The predicted octanol–water partition coefficient (Wildman–Crippen LogP) is 4.87. The predicted molar refractivity (Wildman–Crippen MR) is 83.0 cm³/mol. The highest BCUT2D eigenvalue weighted by atomic mass is 79.9. The lowest BCUT2D eigenvalue weighted by Gasteiger charge is -1.95. The average Bonchev–Trinajstić information content (AvgIpc) is 3.07. The number of rotatable bonds is 3. The highest BCUT2D eigenvalue weighted by Crippen LogP contribution is 2.31. The molecule has 94 valence electrons. The average molecular weight is 350 g/mol. The number of benzene rings is 1. The van der Waals surface area contributed by atoms with E-state index in [1.54, 1.807) is 11.3 Å². The second kappa shape index (κ2) is 5.36. The Bertz CT molecular complexity index is 718. The Morgan fingerprint density at radius 1 is 1.11 bits per heavy atom. The fourth-order valence-corrected chi connectivity index (χ4v) is 3.89. The monoisotopic (exact) mass is 349 g/mol. The third-order valence-electron chi connectivity index (χ3n) is 2.55. The van der Waals surface area contributed by atoms with Gasteiger partial charge in [0.05, 0.1) is 10.6 Å². The molecule has 0 bridgehead atoms. The van der Waals surface area contributed by atoms with E-state index in [0.717, 1.165) is 15.0 Å². The summed E-state index contributed by atoms with van der Waals surface area (Å²) < 4.78 is 1.04. The molecular weight excluding hydrogens is 342 g/mol. The number of halogens is 1. The maximum absolute atomic E-state index is 12.2. The highest BCUT2D eigenvalue weighted by molar-refractivity contribution is 9.10. The number of hydrogen-bond donors (Lipinski definition) is 0. The largest absolute Gasteiger partial charge is 0.286 e. The van der Waals surface area contributed by atoms with E-state index in [1.165, 1.54) is 11.3 Å². The lowest BCUT2D eigenvalue weighted by molar-refractivity contribution is 0.103. The van der Waals surface area contributed by atoms with E-state index in [0.29, 0.717) is 10.6 Å². The molecule has 0 aliphatic heterocycles. The van der Waals surface area contributed by atoms with Gasteiger partial charge in [-0.1, -0.05) is 30.3 Å². The molecule has 2 heterocycles. The molecule has 2 aromatic heterocycles.